The molecule has 20 heavy (non-hydrogen) atoms. The zero-order valence-electron chi connectivity index (χ0n) is 11.0. The number of hydrogen-bond acceptors (Lipinski definition) is 3. The lowest BCUT2D eigenvalue weighted by atomic mass is 10.0. The van der Waals surface area contributed by atoms with Gasteiger partial charge in [-0.05, 0) is 42.0 Å². The Morgan fingerprint density at radius 2 is 1.80 bits per heavy atom. The van der Waals surface area contributed by atoms with Gasteiger partial charge in [-0.15, -0.1) is 0 Å². The number of fused-ring (bicyclic) bond motifs is 1. The second-order valence-electron chi connectivity index (χ2n) is 4.52. The van der Waals surface area contributed by atoms with Crippen molar-refractivity contribution in [3.63, 3.8) is 0 Å². The molecular formula is C17H13NO2. The minimum atomic E-state index is 0.659. The molecule has 0 radical (unpaired) electrons. The fraction of sp³-hybridized carbons (Fsp3) is 0.0588. The zero-order valence-corrected chi connectivity index (χ0v) is 11.0. The largest absolute Gasteiger partial charge is 0.497 e. The molecule has 0 atom stereocenters. The minimum Gasteiger partial charge on any atom is -0.497 e. The van der Waals surface area contributed by atoms with Gasteiger partial charge in [0.15, 0.2) is 0 Å². The summed E-state index contributed by atoms with van der Waals surface area (Å²) in [6.07, 6.45) is 2.68. The smallest absolute Gasteiger partial charge is 0.150 e. The molecular weight excluding hydrogens is 250 g/mol. The number of benzene rings is 2. The summed E-state index contributed by atoms with van der Waals surface area (Å²) >= 11 is 0. The molecule has 2 aromatic carbocycles. The van der Waals surface area contributed by atoms with Gasteiger partial charge in [0.2, 0.25) is 0 Å². The normalized spacial score (nSPS) is 10.4. The van der Waals surface area contributed by atoms with Crippen molar-refractivity contribution in [2.75, 3.05) is 7.11 Å². The fourth-order valence-electron chi connectivity index (χ4n) is 2.16. The first kappa shape index (κ1) is 12.4. The third-order valence-electron chi connectivity index (χ3n) is 3.26. The molecule has 0 bridgehead atoms. The van der Waals surface area contributed by atoms with Crippen LogP contribution in [0, 0.1) is 0 Å². The summed E-state index contributed by atoms with van der Waals surface area (Å²) in [5.41, 5.74) is 3.62. The molecule has 0 aliphatic rings. The van der Waals surface area contributed by atoms with Crippen LogP contribution in [0.25, 0.3) is 22.0 Å². The number of rotatable bonds is 3. The van der Waals surface area contributed by atoms with Crippen molar-refractivity contribution in [1.29, 1.82) is 0 Å². The lowest BCUT2D eigenvalue weighted by Gasteiger charge is -2.05. The molecule has 0 fully saturated rings. The number of carbonyl (C=O) groups excluding carboxylic acids is 1. The van der Waals surface area contributed by atoms with E-state index in [0.717, 1.165) is 34.1 Å². The zero-order chi connectivity index (χ0) is 13.9. The Hall–Kier alpha value is -2.68. The summed E-state index contributed by atoms with van der Waals surface area (Å²) < 4.78 is 5.15. The molecule has 0 N–H and O–H groups in total. The Morgan fingerprint density at radius 1 is 1.00 bits per heavy atom. The standard InChI is InChI=1S/C17H13NO2/c1-20-16-5-3-13(4-6-16)15-9-14-8-12(11-19)2-7-17(14)18-10-15/h2-11H,1H3. The van der Waals surface area contributed by atoms with Crippen LogP contribution in [0.5, 0.6) is 5.75 Å². The topological polar surface area (TPSA) is 39.2 Å². The number of nitrogens with zero attached hydrogens (tertiary/aromatic N) is 1. The van der Waals surface area contributed by atoms with Gasteiger partial charge < -0.3 is 4.74 Å². The molecule has 0 aliphatic heterocycles. The Labute approximate surface area is 116 Å². The van der Waals surface area contributed by atoms with Gasteiger partial charge in [0.1, 0.15) is 12.0 Å². The Kier molecular flexibility index (Phi) is 3.17. The van der Waals surface area contributed by atoms with E-state index in [1.807, 2.05) is 48.7 Å². The van der Waals surface area contributed by atoms with E-state index in [0.29, 0.717) is 5.56 Å². The van der Waals surface area contributed by atoms with Gasteiger partial charge >= 0.3 is 0 Å². The summed E-state index contributed by atoms with van der Waals surface area (Å²) in [4.78, 5) is 15.3. The number of carbonyl (C=O) groups is 1. The Bertz CT molecular complexity index is 764. The van der Waals surface area contributed by atoms with Crippen molar-refractivity contribution in [3.05, 3.63) is 60.3 Å². The number of ether oxygens (including phenoxy) is 1. The lowest BCUT2D eigenvalue weighted by Crippen LogP contribution is -1.86. The number of pyridine rings is 1. The molecule has 0 spiro atoms. The second kappa shape index (κ2) is 5.13. The average molecular weight is 263 g/mol. The van der Waals surface area contributed by atoms with Crippen LogP contribution in [-0.4, -0.2) is 18.4 Å². The van der Waals surface area contributed by atoms with Gasteiger partial charge in [-0.3, -0.25) is 9.78 Å². The predicted octanol–water partition coefficient (Wildman–Crippen LogP) is 3.72. The van der Waals surface area contributed by atoms with E-state index in [-0.39, 0.29) is 0 Å². The summed E-state index contributed by atoms with van der Waals surface area (Å²) in [5.74, 6) is 0.825. The molecule has 3 nitrogen and oxygen atoms in total. The quantitative estimate of drug-likeness (QED) is 0.676. The highest BCUT2D eigenvalue weighted by Crippen LogP contribution is 2.25. The summed E-state index contributed by atoms with van der Waals surface area (Å²) in [6, 6.07) is 15.3. The molecule has 98 valence electrons. The third kappa shape index (κ3) is 2.26. The molecule has 0 aliphatic carbocycles. The van der Waals surface area contributed by atoms with Crippen LogP contribution in [0.1, 0.15) is 10.4 Å². The van der Waals surface area contributed by atoms with Crippen LogP contribution in [0.4, 0.5) is 0 Å². The summed E-state index contributed by atoms with van der Waals surface area (Å²) in [7, 11) is 1.65. The maximum atomic E-state index is 10.8. The maximum Gasteiger partial charge on any atom is 0.150 e. The van der Waals surface area contributed by atoms with Crippen LogP contribution in [0.2, 0.25) is 0 Å². The van der Waals surface area contributed by atoms with E-state index in [1.165, 1.54) is 0 Å². The molecule has 0 unspecified atom stereocenters. The van der Waals surface area contributed by atoms with Gasteiger partial charge in [-0.1, -0.05) is 12.1 Å². The molecule has 3 aromatic rings. The van der Waals surface area contributed by atoms with Crippen LogP contribution in [0.15, 0.2) is 54.7 Å². The van der Waals surface area contributed by atoms with E-state index < -0.39 is 0 Å². The first-order chi connectivity index (χ1) is 9.80. The number of aromatic nitrogens is 1. The van der Waals surface area contributed by atoms with Crippen molar-refractivity contribution in [1.82, 2.24) is 4.98 Å². The highest BCUT2D eigenvalue weighted by Gasteiger charge is 2.02. The van der Waals surface area contributed by atoms with E-state index in [2.05, 4.69) is 4.98 Å². The van der Waals surface area contributed by atoms with E-state index >= 15 is 0 Å². The average Bonchev–Trinajstić information content (AvgIpc) is 2.54. The molecule has 1 aromatic heterocycles. The van der Waals surface area contributed by atoms with Crippen LogP contribution < -0.4 is 4.74 Å². The van der Waals surface area contributed by atoms with Crippen LogP contribution >= 0.6 is 0 Å². The van der Waals surface area contributed by atoms with E-state index in [4.69, 9.17) is 4.74 Å². The highest BCUT2D eigenvalue weighted by molar-refractivity contribution is 5.89. The van der Waals surface area contributed by atoms with Crippen molar-refractivity contribution < 1.29 is 9.53 Å². The minimum absolute atomic E-state index is 0.659. The van der Waals surface area contributed by atoms with Gasteiger partial charge in [0.25, 0.3) is 0 Å². The van der Waals surface area contributed by atoms with Crippen molar-refractivity contribution in [2.45, 2.75) is 0 Å². The summed E-state index contributed by atoms with van der Waals surface area (Å²) in [5, 5.41) is 0.961. The number of methoxy groups -OCH3 is 1. The van der Waals surface area contributed by atoms with Crippen LogP contribution in [0.3, 0.4) is 0 Å². The molecule has 1 heterocycles. The molecule has 0 amide bonds. The van der Waals surface area contributed by atoms with Crippen LogP contribution in [-0.2, 0) is 0 Å². The van der Waals surface area contributed by atoms with E-state index in [9.17, 15) is 4.79 Å². The van der Waals surface area contributed by atoms with Gasteiger partial charge in [-0.25, -0.2) is 0 Å². The van der Waals surface area contributed by atoms with Gasteiger partial charge in [-0.2, -0.15) is 0 Å². The summed E-state index contributed by atoms with van der Waals surface area (Å²) in [6.45, 7) is 0. The Balaban J connectivity index is 2.08. The lowest BCUT2D eigenvalue weighted by molar-refractivity contribution is 0.112. The fourth-order valence-corrected chi connectivity index (χ4v) is 2.16. The third-order valence-corrected chi connectivity index (χ3v) is 3.26. The molecule has 3 rings (SSSR count). The molecule has 3 heteroatoms. The number of aldehydes is 1. The van der Waals surface area contributed by atoms with Crippen molar-refractivity contribution in [3.8, 4) is 16.9 Å². The second-order valence-corrected chi connectivity index (χ2v) is 4.52. The first-order valence-corrected chi connectivity index (χ1v) is 6.29. The highest BCUT2D eigenvalue weighted by atomic mass is 16.5. The van der Waals surface area contributed by atoms with E-state index in [1.54, 1.807) is 13.2 Å². The van der Waals surface area contributed by atoms with Gasteiger partial charge in [0, 0.05) is 22.7 Å². The molecule has 0 saturated heterocycles. The maximum absolute atomic E-state index is 10.8. The predicted molar refractivity (Wildman–Crippen MR) is 79.1 cm³/mol. The van der Waals surface area contributed by atoms with Crippen molar-refractivity contribution >= 4 is 17.2 Å². The number of hydrogen-bond donors (Lipinski definition) is 0. The molecule has 0 saturated carbocycles. The first-order valence-electron chi connectivity index (χ1n) is 6.29. The Morgan fingerprint density at radius 3 is 2.50 bits per heavy atom. The SMILES string of the molecule is COc1ccc(-c2cnc3ccc(C=O)cc3c2)cc1. The van der Waals surface area contributed by atoms with Crippen molar-refractivity contribution in [2.24, 2.45) is 0 Å². The van der Waals surface area contributed by atoms with Gasteiger partial charge in [0.05, 0.1) is 12.6 Å². The monoisotopic (exact) mass is 263 g/mol.